The number of benzene rings is 1. The van der Waals surface area contributed by atoms with Crippen molar-refractivity contribution >= 4 is 11.8 Å². The van der Waals surface area contributed by atoms with Crippen molar-refractivity contribution in [1.29, 1.82) is 5.26 Å². The fourth-order valence-corrected chi connectivity index (χ4v) is 2.38. The van der Waals surface area contributed by atoms with Crippen molar-refractivity contribution in [3.63, 3.8) is 0 Å². The number of phenolic OH excluding ortho intramolecular Hbond substituents is 1. The number of nitrogens with one attached hydrogen (secondary N) is 1. The van der Waals surface area contributed by atoms with Gasteiger partial charge < -0.3 is 15.3 Å². The van der Waals surface area contributed by atoms with Crippen LogP contribution in [0.3, 0.4) is 0 Å². The van der Waals surface area contributed by atoms with Crippen molar-refractivity contribution in [2.75, 3.05) is 13.1 Å². The lowest BCUT2D eigenvalue weighted by Gasteiger charge is -2.32. The molecular formula is C15H17N3O3. The minimum Gasteiger partial charge on any atom is -0.507 e. The Morgan fingerprint density at radius 2 is 2.00 bits per heavy atom. The second-order valence-corrected chi connectivity index (χ2v) is 4.98. The van der Waals surface area contributed by atoms with E-state index in [1.54, 1.807) is 23.1 Å². The molecule has 0 radical (unpaired) electrons. The van der Waals surface area contributed by atoms with Gasteiger partial charge in [0.15, 0.2) is 0 Å². The Morgan fingerprint density at radius 3 is 2.62 bits per heavy atom. The lowest BCUT2D eigenvalue weighted by molar-refractivity contribution is -0.131. The fourth-order valence-electron chi connectivity index (χ4n) is 2.38. The molecule has 1 saturated heterocycles. The summed E-state index contributed by atoms with van der Waals surface area (Å²) in [6, 6.07) is 8.21. The first kappa shape index (κ1) is 14.9. The lowest BCUT2D eigenvalue weighted by Crippen LogP contribution is -2.46. The number of hydrogen-bond donors (Lipinski definition) is 2. The monoisotopic (exact) mass is 287 g/mol. The van der Waals surface area contributed by atoms with Crippen molar-refractivity contribution in [2.24, 2.45) is 0 Å². The summed E-state index contributed by atoms with van der Waals surface area (Å²) in [6.45, 7) is 1.07. The van der Waals surface area contributed by atoms with Crippen LogP contribution in [0.1, 0.15) is 29.6 Å². The van der Waals surface area contributed by atoms with Crippen molar-refractivity contribution in [1.82, 2.24) is 10.2 Å². The normalized spacial score (nSPS) is 15.3. The maximum atomic E-state index is 12.1. The molecule has 0 spiro atoms. The summed E-state index contributed by atoms with van der Waals surface area (Å²) >= 11 is 0. The third kappa shape index (κ3) is 3.72. The van der Waals surface area contributed by atoms with Gasteiger partial charge >= 0.3 is 0 Å². The standard InChI is InChI=1S/C15H17N3O3/c16-8-5-14(20)18-9-6-11(7-10-18)17-15(21)12-3-1-2-4-13(12)19/h1-4,11,19H,5-7,9-10H2,(H,17,21). The molecule has 0 aromatic heterocycles. The summed E-state index contributed by atoms with van der Waals surface area (Å²) in [5.74, 6) is -0.519. The van der Waals surface area contributed by atoms with Crippen LogP contribution in [0.25, 0.3) is 0 Å². The molecule has 1 heterocycles. The molecule has 6 heteroatoms. The first-order valence-corrected chi connectivity index (χ1v) is 6.85. The Hall–Kier alpha value is -2.55. The third-order valence-corrected chi connectivity index (χ3v) is 3.56. The van der Waals surface area contributed by atoms with Gasteiger partial charge in [0.05, 0.1) is 11.6 Å². The highest BCUT2D eigenvalue weighted by molar-refractivity contribution is 5.96. The molecule has 0 unspecified atom stereocenters. The van der Waals surface area contributed by atoms with Crippen LogP contribution < -0.4 is 5.32 Å². The van der Waals surface area contributed by atoms with E-state index in [4.69, 9.17) is 5.26 Å². The topological polar surface area (TPSA) is 93.4 Å². The van der Waals surface area contributed by atoms with E-state index in [9.17, 15) is 14.7 Å². The van der Waals surface area contributed by atoms with Crippen molar-refractivity contribution < 1.29 is 14.7 Å². The van der Waals surface area contributed by atoms with Crippen LogP contribution in [0.4, 0.5) is 0 Å². The molecule has 2 N–H and O–H groups in total. The zero-order valence-electron chi connectivity index (χ0n) is 11.6. The summed E-state index contributed by atoms with van der Waals surface area (Å²) in [7, 11) is 0. The number of amides is 2. The number of piperidine rings is 1. The molecule has 2 rings (SSSR count). The van der Waals surface area contributed by atoms with Crippen molar-refractivity contribution in [3.8, 4) is 11.8 Å². The molecule has 110 valence electrons. The summed E-state index contributed by atoms with van der Waals surface area (Å²) in [5, 5.41) is 21.0. The van der Waals surface area contributed by atoms with Crippen LogP contribution in [0.15, 0.2) is 24.3 Å². The molecule has 0 saturated carbocycles. The van der Waals surface area contributed by atoms with Crippen LogP contribution in [0.2, 0.25) is 0 Å². The number of rotatable bonds is 3. The second kappa shape index (κ2) is 6.75. The molecule has 1 aromatic carbocycles. The zero-order chi connectivity index (χ0) is 15.2. The molecule has 1 aromatic rings. The van der Waals surface area contributed by atoms with Gasteiger partial charge in [-0.05, 0) is 25.0 Å². The summed E-state index contributed by atoms with van der Waals surface area (Å²) < 4.78 is 0. The molecule has 2 amide bonds. The Labute approximate surface area is 123 Å². The largest absolute Gasteiger partial charge is 0.507 e. The van der Waals surface area contributed by atoms with Crippen LogP contribution >= 0.6 is 0 Å². The van der Waals surface area contributed by atoms with Gasteiger partial charge in [-0.3, -0.25) is 9.59 Å². The van der Waals surface area contributed by atoms with E-state index < -0.39 is 0 Å². The van der Waals surface area contributed by atoms with Crippen LogP contribution in [0.5, 0.6) is 5.75 Å². The predicted molar refractivity (Wildman–Crippen MR) is 75.4 cm³/mol. The van der Waals surface area contributed by atoms with E-state index >= 15 is 0 Å². The van der Waals surface area contributed by atoms with E-state index in [0.29, 0.717) is 25.9 Å². The highest BCUT2D eigenvalue weighted by Crippen LogP contribution is 2.17. The number of likely N-dealkylation sites (tertiary alicyclic amines) is 1. The lowest BCUT2D eigenvalue weighted by atomic mass is 10.0. The van der Waals surface area contributed by atoms with Gasteiger partial charge in [-0.25, -0.2) is 0 Å². The smallest absolute Gasteiger partial charge is 0.255 e. The Kier molecular flexibility index (Phi) is 4.77. The molecule has 0 atom stereocenters. The van der Waals surface area contributed by atoms with Gasteiger partial charge in [0.1, 0.15) is 12.2 Å². The zero-order valence-corrected chi connectivity index (χ0v) is 11.6. The third-order valence-electron chi connectivity index (χ3n) is 3.56. The molecule has 1 aliphatic heterocycles. The number of para-hydroxylation sites is 1. The van der Waals surface area contributed by atoms with E-state index in [0.717, 1.165) is 0 Å². The summed E-state index contributed by atoms with van der Waals surface area (Å²) in [6.07, 6.45) is 1.20. The quantitative estimate of drug-likeness (QED) is 0.868. The SMILES string of the molecule is N#CCC(=O)N1CCC(NC(=O)c2ccccc2O)CC1. The summed E-state index contributed by atoms with van der Waals surface area (Å²) in [4.78, 5) is 25.3. The van der Waals surface area contributed by atoms with E-state index in [2.05, 4.69) is 5.32 Å². The molecule has 1 aliphatic rings. The first-order valence-electron chi connectivity index (χ1n) is 6.85. The van der Waals surface area contributed by atoms with Crippen molar-refractivity contribution in [3.05, 3.63) is 29.8 Å². The highest BCUT2D eigenvalue weighted by atomic mass is 16.3. The molecule has 0 bridgehead atoms. The average Bonchev–Trinajstić information content (AvgIpc) is 2.48. The minimum absolute atomic E-state index is 0.0248. The van der Waals surface area contributed by atoms with Gasteiger partial charge in [0.25, 0.3) is 5.91 Å². The second-order valence-electron chi connectivity index (χ2n) is 4.98. The molecule has 0 aliphatic carbocycles. The van der Waals surface area contributed by atoms with Gasteiger partial charge in [-0.15, -0.1) is 0 Å². The Morgan fingerprint density at radius 1 is 1.33 bits per heavy atom. The molecule has 1 fully saturated rings. The van der Waals surface area contributed by atoms with Gasteiger partial charge in [-0.2, -0.15) is 5.26 Å². The van der Waals surface area contributed by atoms with E-state index in [-0.39, 0.29) is 35.6 Å². The Balaban J connectivity index is 1.87. The van der Waals surface area contributed by atoms with Crippen LogP contribution in [-0.2, 0) is 4.79 Å². The summed E-state index contributed by atoms with van der Waals surface area (Å²) in [5.41, 5.74) is 0.250. The van der Waals surface area contributed by atoms with Gasteiger partial charge in [0.2, 0.25) is 5.91 Å². The number of carbonyl (C=O) groups is 2. The maximum Gasteiger partial charge on any atom is 0.255 e. The predicted octanol–water partition coefficient (Wildman–Crippen LogP) is 1.03. The van der Waals surface area contributed by atoms with Gasteiger partial charge in [-0.1, -0.05) is 12.1 Å². The minimum atomic E-state index is -0.310. The number of carbonyl (C=O) groups excluding carboxylic acids is 2. The molecule has 21 heavy (non-hydrogen) atoms. The van der Waals surface area contributed by atoms with Crippen LogP contribution in [0, 0.1) is 11.3 Å². The number of aromatic hydroxyl groups is 1. The number of nitrogens with zero attached hydrogens (tertiary/aromatic N) is 2. The maximum absolute atomic E-state index is 12.1. The number of phenols is 1. The number of nitriles is 1. The van der Waals surface area contributed by atoms with Crippen molar-refractivity contribution in [2.45, 2.75) is 25.3 Å². The highest BCUT2D eigenvalue weighted by Gasteiger charge is 2.24. The Bertz CT molecular complexity index is 572. The molecular weight excluding hydrogens is 270 g/mol. The molecule has 6 nitrogen and oxygen atoms in total. The number of hydrogen-bond acceptors (Lipinski definition) is 4. The van der Waals surface area contributed by atoms with Gasteiger partial charge in [0, 0.05) is 19.1 Å². The first-order chi connectivity index (χ1) is 10.1. The fraction of sp³-hybridized carbons (Fsp3) is 0.400. The van der Waals surface area contributed by atoms with E-state index in [1.807, 2.05) is 6.07 Å². The van der Waals surface area contributed by atoms with E-state index in [1.165, 1.54) is 6.07 Å². The van der Waals surface area contributed by atoms with Crippen LogP contribution in [-0.4, -0.2) is 41.0 Å². The average molecular weight is 287 g/mol.